The van der Waals surface area contributed by atoms with E-state index >= 15 is 0 Å². The second-order valence-corrected chi connectivity index (χ2v) is 5.44. The van der Waals surface area contributed by atoms with Gasteiger partial charge in [-0.3, -0.25) is 4.79 Å². The van der Waals surface area contributed by atoms with Gasteiger partial charge in [0.25, 0.3) is 0 Å². The number of aromatic hydroxyl groups is 1. The van der Waals surface area contributed by atoms with E-state index in [1.807, 2.05) is 6.92 Å². The van der Waals surface area contributed by atoms with Crippen LogP contribution in [-0.2, 0) is 15.3 Å². The zero-order valence-electron chi connectivity index (χ0n) is 12.7. The van der Waals surface area contributed by atoms with Crippen LogP contribution in [0.1, 0.15) is 22.8 Å². The predicted molar refractivity (Wildman–Crippen MR) is 85.6 cm³/mol. The maximum atomic E-state index is 11.5. The lowest BCUT2D eigenvalue weighted by molar-refractivity contribution is -0.149. The second-order valence-electron chi connectivity index (χ2n) is 5.44. The molecule has 6 heteroatoms. The number of nitrogens with one attached hydrogen (secondary N) is 1. The van der Waals surface area contributed by atoms with Crippen molar-refractivity contribution in [1.29, 1.82) is 0 Å². The Bertz CT molecular complexity index is 722. The van der Waals surface area contributed by atoms with Crippen LogP contribution >= 0.6 is 0 Å². The minimum absolute atomic E-state index is 0.177. The molecule has 2 aromatic rings. The monoisotopic (exact) mass is 314 g/mol. The number of benzene rings is 2. The summed E-state index contributed by atoms with van der Waals surface area (Å²) in [7, 11) is 0. The van der Waals surface area contributed by atoms with Crippen molar-refractivity contribution < 1.29 is 19.4 Å². The van der Waals surface area contributed by atoms with Crippen LogP contribution < -0.4 is 11.1 Å². The van der Waals surface area contributed by atoms with Gasteiger partial charge in [-0.2, -0.15) is 0 Å². The summed E-state index contributed by atoms with van der Waals surface area (Å²) in [5.41, 5.74) is 7.95. The van der Waals surface area contributed by atoms with Crippen LogP contribution in [0.25, 0.3) is 0 Å². The van der Waals surface area contributed by atoms with Gasteiger partial charge in [0.1, 0.15) is 5.75 Å². The molecular weight excluding hydrogens is 296 g/mol. The Balaban J connectivity index is 2.02. The number of rotatable bonds is 4. The van der Waals surface area contributed by atoms with Gasteiger partial charge in [-0.05, 0) is 43.3 Å². The average Bonchev–Trinajstić information content (AvgIpc) is 2.97. The van der Waals surface area contributed by atoms with E-state index in [-0.39, 0.29) is 5.75 Å². The van der Waals surface area contributed by atoms with Crippen molar-refractivity contribution in [2.24, 2.45) is 5.73 Å². The first-order chi connectivity index (χ1) is 11.0. The van der Waals surface area contributed by atoms with Gasteiger partial charge in [-0.1, -0.05) is 6.07 Å². The van der Waals surface area contributed by atoms with Crippen molar-refractivity contribution in [3.05, 3.63) is 53.6 Å². The Morgan fingerprint density at radius 3 is 2.43 bits per heavy atom. The number of primary amides is 1. The Morgan fingerprint density at radius 2 is 1.83 bits per heavy atom. The number of ether oxygens (including phenoxy) is 2. The molecule has 1 heterocycles. The van der Waals surface area contributed by atoms with Crippen molar-refractivity contribution in [1.82, 2.24) is 0 Å². The fraction of sp³-hybridized carbons (Fsp3) is 0.235. The van der Waals surface area contributed by atoms with Gasteiger partial charge >= 0.3 is 0 Å². The third kappa shape index (κ3) is 3.13. The van der Waals surface area contributed by atoms with E-state index in [9.17, 15) is 9.90 Å². The molecule has 1 aliphatic rings. The highest BCUT2D eigenvalue weighted by molar-refractivity contribution is 5.94. The van der Waals surface area contributed by atoms with Crippen molar-refractivity contribution in [2.75, 3.05) is 18.5 Å². The minimum atomic E-state index is -0.880. The first-order valence-electron chi connectivity index (χ1n) is 7.26. The molecule has 0 atom stereocenters. The van der Waals surface area contributed by atoms with Gasteiger partial charge in [-0.25, -0.2) is 0 Å². The van der Waals surface area contributed by atoms with E-state index in [1.165, 1.54) is 0 Å². The van der Waals surface area contributed by atoms with Crippen molar-refractivity contribution >= 4 is 17.3 Å². The van der Waals surface area contributed by atoms with Crippen LogP contribution in [0.4, 0.5) is 11.4 Å². The second kappa shape index (κ2) is 5.91. The molecule has 0 saturated carbocycles. The summed E-state index contributed by atoms with van der Waals surface area (Å²) in [5, 5.41) is 12.6. The van der Waals surface area contributed by atoms with Crippen LogP contribution in [0.15, 0.2) is 42.5 Å². The molecule has 1 aliphatic heterocycles. The lowest BCUT2D eigenvalue weighted by Gasteiger charge is -2.26. The number of hydrogen-bond donors (Lipinski definition) is 3. The van der Waals surface area contributed by atoms with Gasteiger partial charge < -0.3 is 25.6 Å². The Morgan fingerprint density at radius 1 is 1.17 bits per heavy atom. The molecule has 3 rings (SSSR count). The molecule has 0 spiro atoms. The number of anilines is 2. The topological polar surface area (TPSA) is 93.8 Å². The standard InChI is InChI=1S/C17H18N2O4/c1-17(22-8-9-23-17)14-7-2-11(16(18)21)10-15(14)19-12-3-5-13(20)6-4-12/h2-7,10,19-20H,8-9H2,1H3,(H2,18,21). The molecule has 0 aliphatic carbocycles. The van der Waals surface area contributed by atoms with E-state index in [2.05, 4.69) is 5.32 Å². The van der Waals surface area contributed by atoms with Gasteiger partial charge in [0, 0.05) is 22.5 Å². The lowest BCUT2D eigenvalue weighted by atomic mass is 10.0. The molecule has 1 amide bonds. The summed E-state index contributed by atoms with van der Waals surface area (Å²) in [6.07, 6.45) is 0. The van der Waals surface area contributed by atoms with Crippen LogP contribution in [0, 0.1) is 0 Å². The molecule has 0 bridgehead atoms. The molecular formula is C17H18N2O4. The third-order valence-electron chi connectivity index (χ3n) is 3.78. The first kappa shape index (κ1) is 15.3. The zero-order valence-corrected chi connectivity index (χ0v) is 12.7. The summed E-state index contributed by atoms with van der Waals surface area (Å²) >= 11 is 0. The van der Waals surface area contributed by atoms with Crippen LogP contribution in [0.3, 0.4) is 0 Å². The van der Waals surface area contributed by atoms with Gasteiger partial charge in [-0.15, -0.1) is 0 Å². The number of nitrogens with two attached hydrogens (primary N) is 1. The van der Waals surface area contributed by atoms with Crippen LogP contribution in [0.5, 0.6) is 5.75 Å². The van der Waals surface area contributed by atoms with E-state index in [0.29, 0.717) is 24.5 Å². The van der Waals surface area contributed by atoms with Crippen molar-refractivity contribution in [3.8, 4) is 5.75 Å². The normalized spacial score (nSPS) is 16.2. The Kier molecular flexibility index (Phi) is 3.94. The van der Waals surface area contributed by atoms with Gasteiger partial charge in [0.2, 0.25) is 5.91 Å². The molecule has 23 heavy (non-hydrogen) atoms. The van der Waals surface area contributed by atoms with E-state index in [1.54, 1.807) is 42.5 Å². The number of phenols is 1. The van der Waals surface area contributed by atoms with Gasteiger partial charge in [0.15, 0.2) is 5.79 Å². The highest BCUT2D eigenvalue weighted by atomic mass is 16.7. The summed E-state index contributed by atoms with van der Waals surface area (Å²) in [6.45, 7) is 2.85. The molecule has 1 fully saturated rings. The lowest BCUT2D eigenvalue weighted by Crippen LogP contribution is -2.24. The highest BCUT2D eigenvalue weighted by Gasteiger charge is 2.35. The zero-order chi connectivity index (χ0) is 16.4. The maximum absolute atomic E-state index is 11.5. The number of carbonyl (C=O) groups excluding carboxylic acids is 1. The largest absolute Gasteiger partial charge is 0.508 e. The van der Waals surface area contributed by atoms with E-state index in [0.717, 1.165) is 11.3 Å². The number of phenolic OH excluding ortho intramolecular Hbond substituents is 1. The molecule has 0 radical (unpaired) electrons. The molecule has 120 valence electrons. The highest BCUT2D eigenvalue weighted by Crippen LogP contribution is 2.37. The van der Waals surface area contributed by atoms with Crippen LogP contribution in [0.2, 0.25) is 0 Å². The maximum Gasteiger partial charge on any atom is 0.248 e. The van der Waals surface area contributed by atoms with E-state index in [4.69, 9.17) is 15.2 Å². The molecule has 0 unspecified atom stereocenters. The van der Waals surface area contributed by atoms with Gasteiger partial charge in [0.05, 0.1) is 13.2 Å². The van der Waals surface area contributed by atoms with E-state index < -0.39 is 11.7 Å². The minimum Gasteiger partial charge on any atom is -0.508 e. The Labute approximate surface area is 133 Å². The van der Waals surface area contributed by atoms with Crippen molar-refractivity contribution in [2.45, 2.75) is 12.7 Å². The summed E-state index contributed by atoms with van der Waals surface area (Å²) in [5.74, 6) is -1.21. The van der Waals surface area contributed by atoms with Crippen molar-refractivity contribution in [3.63, 3.8) is 0 Å². The fourth-order valence-corrected chi connectivity index (χ4v) is 2.57. The number of carbonyl (C=O) groups is 1. The summed E-state index contributed by atoms with van der Waals surface area (Å²) in [4.78, 5) is 11.5. The first-order valence-corrected chi connectivity index (χ1v) is 7.26. The molecule has 0 aromatic heterocycles. The number of hydrogen-bond acceptors (Lipinski definition) is 5. The fourth-order valence-electron chi connectivity index (χ4n) is 2.57. The van der Waals surface area contributed by atoms with Crippen LogP contribution in [-0.4, -0.2) is 24.2 Å². The molecule has 2 aromatic carbocycles. The Hall–Kier alpha value is -2.57. The summed E-state index contributed by atoms with van der Waals surface area (Å²) < 4.78 is 11.4. The molecule has 6 nitrogen and oxygen atoms in total. The smallest absolute Gasteiger partial charge is 0.248 e. The number of amides is 1. The SMILES string of the molecule is CC1(c2ccc(C(N)=O)cc2Nc2ccc(O)cc2)OCCO1. The summed E-state index contributed by atoms with van der Waals surface area (Å²) in [6, 6.07) is 11.7. The quantitative estimate of drug-likeness (QED) is 0.754. The average molecular weight is 314 g/mol. The molecule has 1 saturated heterocycles. The third-order valence-corrected chi connectivity index (χ3v) is 3.78. The predicted octanol–water partition coefficient (Wildman–Crippen LogP) is 2.45. The molecule has 4 N–H and O–H groups in total.